The number of carbonyl (C=O) groups is 1. The lowest BCUT2D eigenvalue weighted by molar-refractivity contribution is 0.0617. The number of rotatable bonds is 2. The third-order valence-corrected chi connectivity index (χ3v) is 3.52. The molecule has 1 aliphatic rings. The van der Waals surface area contributed by atoms with Gasteiger partial charge in [-0.1, -0.05) is 0 Å². The normalized spacial score (nSPS) is 17.3. The topological polar surface area (TPSA) is 35.5 Å². The first-order chi connectivity index (χ1) is 7.96. The summed E-state index contributed by atoms with van der Waals surface area (Å²) in [5.74, 6) is 1.51. The van der Waals surface area contributed by atoms with Gasteiger partial charge in [0.2, 0.25) is 0 Å². The molecule has 0 unspecified atom stereocenters. The molecular formula is C13H16O3S. The Labute approximate surface area is 105 Å². The van der Waals surface area contributed by atoms with Crippen molar-refractivity contribution in [2.75, 3.05) is 13.4 Å². The summed E-state index contributed by atoms with van der Waals surface area (Å²) in [5.41, 5.74) is 0.202. The van der Waals surface area contributed by atoms with Crippen LogP contribution in [0, 0.1) is 0 Å². The second-order valence-corrected chi connectivity index (χ2v) is 5.51. The van der Waals surface area contributed by atoms with Crippen LogP contribution < -0.4 is 9.47 Å². The highest BCUT2D eigenvalue weighted by Crippen LogP contribution is 2.40. The molecule has 0 bridgehead atoms. The van der Waals surface area contributed by atoms with Gasteiger partial charge >= 0.3 is 0 Å². The van der Waals surface area contributed by atoms with Crippen LogP contribution in [0.15, 0.2) is 17.0 Å². The van der Waals surface area contributed by atoms with Gasteiger partial charge in [-0.05, 0) is 32.2 Å². The number of ether oxygens (including phenoxy) is 2. The Kier molecular flexibility index (Phi) is 3.08. The molecule has 0 N–H and O–H groups in total. The van der Waals surface area contributed by atoms with Gasteiger partial charge in [0.15, 0.2) is 5.78 Å². The van der Waals surface area contributed by atoms with Crippen LogP contribution >= 0.6 is 11.8 Å². The molecule has 2 rings (SSSR count). The molecule has 0 aromatic heterocycles. The van der Waals surface area contributed by atoms with Gasteiger partial charge in [-0.25, -0.2) is 0 Å². The molecule has 0 saturated carbocycles. The largest absolute Gasteiger partial charge is 0.496 e. The van der Waals surface area contributed by atoms with Crippen LogP contribution in [0.25, 0.3) is 0 Å². The highest BCUT2D eigenvalue weighted by molar-refractivity contribution is 7.98. The number of thioether (sulfide) groups is 1. The fourth-order valence-electron chi connectivity index (χ4n) is 1.98. The molecule has 3 nitrogen and oxygen atoms in total. The van der Waals surface area contributed by atoms with Crippen molar-refractivity contribution in [1.82, 2.24) is 0 Å². The fraction of sp³-hybridized carbons (Fsp3) is 0.462. The Morgan fingerprint density at radius 3 is 2.71 bits per heavy atom. The minimum atomic E-state index is -0.422. The maximum atomic E-state index is 12.0. The van der Waals surface area contributed by atoms with Gasteiger partial charge in [0.1, 0.15) is 17.1 Å². The lowest BCUT2D eigenvalue weighted by Crippen LogP contribution is -2.35. The minimum Gasteiger partial charge on any atom is -0.496 e. The summed E-state index contributed by atoms with van der Waals surface area (Å²) in [6.07, 6.45) is 2.38. The highest BCUT2D eigenvalue weighted by atomic mass is 32.2. The van der Waals surface area contributed by atoms with E-state index in [-0.39, 0.29) is 5.78 Å². The monoisotopic (exact) mass is 252 g/mol. The second kappa shape index (κ2) is 4.26. The maximum absolute atomic E-state index is 12.0. The van der Waals surface area contributed by atoms with Crippen LogP contribution in [0.3, 0.4) is 0 Å². The van der Waals surface area contributed by atoms with Gasteiger partial charge in [0, 0.05) is 0 Å². The molecule has 1 aliphatic heterocycles. The smallest absolute Gasteiger partial charge is 0.170 e. The summed E-state index contributed by atoms with van der Waals surface area (Å²) in [6, 6.07) is 3.66. The fourth-order valence-corrected chi connectivity index (χ4v) is 2.55. The van der Waals surface area contributed by atoms with Crippen LogP contribution in [0.2, 0.25) is 0 Å². The first kappa shape index (κ1) is 12.3. The summed E-state index contributed by atoms with van der Waals surface area (Å²) >= 11 is 1.58. The number of fused-ring (bicyclic) bond motifs is 1. The summed E-state index contributed by atoms with van der Waals surface area (Å²) in [5, 5.41) is 0. The van der Waals surface area contributed by atoms with E-state index >= 15 is 0 Å². The number of benzene rings is 1. The zero-order valence-electron chi connectivity index (χ0n) is 10.5. The predicted molar refractivity (Wildman–Crippen MR) is 68.4 cm³/mol. The minimum absolute atomic E-state index is 0.113. The Hall–Kier alpha value is -1.16. The third kappa shape index (κ3) is 2.27. The van der Waals surface area contributed by atoms with Crippen LogP contribution in [0.5, 0.6) is 11.5 Å². The van der Waals surface area contributed by atoms with Crippen molar-refractivity contribution in [2.45, 2.75) is 30.8 Å². The van der Waals surface area contributed by atoms with E-state index in [0.717, 1.165) is 10.6 Å². The number of hydrogen-bond acceptors (Lipinski definition) is 4. The highest BCUT2D eigenvalue weighted by Gasteiger charge is 2.33. The van der Waals surface area contributed by atoms with Gasteiger partial charge in [-0.15, -0.1) is 11.8 Å². The van der Waals surface area contributed by atoms with Crippen molar-refractivity contribution in [3.05, 3.63) is 17.7 Å². The quantitative estimate of drug-likeness (QED) is 0.757. The average Bonchev–Trinajstić information content (AvgIpc) is 2.26. The number of Topliss-reactive ketones (excluding diaryl/α,β-unsaturated/α-hetero) is 1. The molecule has 0 spiro atoms. The number of carbonyl (C=O) groups excluding carboxylic acids is 1. The zero-order valence-corrected chi connectivity index (χ0v) is 11.3. The summed E-state index contributed by atoms with van der Waals surface area (Å²) in [7, 11) is 1.61. The Morgan fingerprint density at radius 2 is 2.12 bits per heavy atom. The molecule has 0 atom stereocenters. The molecule has 1 aromatic rings. The van der Waals surface area contributed by atoms with Crippen LogP contribution in [-0.2, 0) is 0 Å². The molecule has 0 fully saturated rings. The molecule has 1 heterocycles. The van der Waals surface area contributed by atoms with E-state index in [1.54, 1.807) is 24.9 Å². The van der Waals surface area contributed by atoms with E-state index in [1.807, 2.05) is 26.2 Å². The molecule has 0 saturated heterocycles. The van der Waals surface area contributed by atoms with Crippen molar-refractivity contribution in [1.29, 1.82) is 0 Å². The lowest BCUT2D eigenvalue weighted by Gasteiger charge is -2.32. The second-order valence-electron chi connectivity index (χ2n) is 4.67. The summed E-state index contributed by atoms with van der Waals surface area (Å²) < 4.78 is 11.1. The van der Waals surface area contributed by atoms with E-state index in [2.05, 4.69) is 0 Å². The van der Waals surface area contributed by atoms with Crippen molar-refractivity contribution in [2.24, 2.45) is 0 Å². The lowest BCUT2D eigenvalue weighted by atomic mass is 9.93. The summed E-state index contributed by atoms with van der Waals surface area (Å²) in [6.45, 7) is 3.85. The third-order valence-electron chi connectivity index (χ3n) is 2.76. The Morgan fingerprint density at radius 1 is 1.41 bits per heavy atom. The molecule has 0 amide bonds. The number of ketones is 1. The molecule has 92 valence electrons. The van der Waals surface area contributed by atoms with Gasteiger partial charge in [-0.3, -0.25) is 4.79 Å². The number of methoxy groups -OCH3 is 1. The first-order valence-electron chi connectivity index (χ1n) is 5.45. The van der Waals surface area contributed by atoms with E-state index in [4.69, 9.17) is 9.47 Å². The van der Waals surface area contributed by atoms with Crippen LogP contribution in [0.4, 0.5) is 0 Å². The standard InChI is InChI=1S/C13H16O3S/c1-13(2)7-9(14)8-5-11(15-3)12(17-4)6-10(8)16-13/h5-6H,7H2,1-4H3. The van der Waals surface area contributed by atoms with Crippen molar-refractivity contribution in [3.63, 3.8) is 0 Å². The van der Waals surface area contributed by atoms with Crippen molar-refractivity contribution >= 4 is 17.5 Å². The van der Waals surface area contributed by atoms with Crippen molar-refractivity contribution in [3.8, 4) is 11.5 Å². The Balaban J connectivity index is 2.53. The van der Waals surface area contributed by atoms with Crippen molar-refractivity contribution < 1.29 is 14.3 Å². The van der Waals surface area contributed by atoms with E-state index in [0.29, 0.717) is 17.7 Å². The Bertz CT molecular complexity index is 466. The summed E-state index contributed by atoms with van der Waals surface area (Å²) in [4.78, 5) is 13.0. The first-order valence-corrected chi connectivity index (χ1v) is 6.67. The maximum Gasteiger partial charge on any atom is 0.170 e. The van der Waals surface area contributed by atoms with Gasteiger partial charge in [0.05, 0.1) is 24.0 Å². The molecule has 4 heteroatoms. The molecule has 1 aromatic carbocycles. The predicted octanol–water partition coefficient (Wildman–Crippen LogP) is 3.16. The SMILES string of the molecule is COc1cc2c(cc1SC)OC(C)(C)CC2=O. The zero-order chi connectivity index (χ0) is 12.6. The van der Waals surface area contributed by atoms with Crippen LogP contribution in [-0.4, -0.2) is 24.7 Å². The average molecular weight is 252 g/mol. The molecule has 0 radical (unpaired) electrons. The van der Waals surface area contributed by atoms with Crippen LogP contribution in [0.1, 0.15) is 30.6 Å². The van der Waals surface area contributed by atoms with E-state index in [1.165, 1.54) is 0 Å². The van der Waals surface area contributed by atoms with Gasteiger partial charge in [-0.2, -0.15) is 0 Å². The van der Waals surface area contributed by atoms with Gasteiger partial charge in [0.25, 0.3) is 0 Å². The molecule has 17 heavy (non-hydrogen) atoms. The van der Waals surface area contributed by atoms with E-state index in [9.17, 15) is 4.79 Å². The number of hydrogen-bond donors (Lipinski definition) is 0. The van der Waals surface area contributed by atoms with Gasteiger partial charge < -0.3 is 9.47 Å². The van der Waals surface area contributed by atoms with E-state index < -0.39 is 5.60 Å². The molecular weight excluding hydrogens is 236 g/mol. The molecule has 0 aliphatic carbocycles.